The molecule has 17 heavy (non-hydrogen) atoms. The Morgan fingerprint density at radius 2 is 2.06 bits per heavy atom. The second kappa shape index (κ2) is 4.66. The Morgan fingerprint density at radius 3 is 2.65 bits per heavy atom. The van der Waals surface area contributed by atoms with Gasteiger partial charge in [0.1, 0.15) is 23.9 Å². The van der Waals surface area contributed by atoms with Gasteiger partial charge in [-0.25, -0.2) is 18.7 Å². The number of nitrogens with zero attached hydrogens (tertiary/aromatic N) is 3. The van der Waals surface area contributed by atoms with Crippen LogP contribution in [0.5, 0.6) is 0 Å². The monoisotopic (exact) mass is 231 g/mol. The molecule has 0 spiro atoms. The molecular formula is C12H7F2N3. The Morgan fingerprint density at radius 1 is 1.24 bits per heavy atom. The molecule has 0 radical (unpaired) electrons. The third-order valence-corrected chi connectivity index (χ3v) is 2.30. The highest BCUT2D eigenvalue weighted by atomic mass is 19.1. The Labute approximate surface area is 96.4 Å². The first kappa shape index (κ1) is 11.1. The molecule has 0 aliphatic heterocycles. The zero-order valence-corrected chi connectivity index (χ0v) is 8.64. The average Bonchev–Trinajstić information content (AvgIpc) is 2.34. The zero-order chi connectivity index (χ0) is 12.3. The van der Waals surface area contributed by atoms with Crippen LogP contribution in [0.4, 0.5) is 8.78 Å². The molecule has 84 valence electrons. The third-order valence-electron chi connectivity index (χ3n) is 2.30. The van der Waals surface area contributed by atoms with Gasteiger partial charge in [0.2, 0.25) is 0 Å². The molecule has 0 fully saturated rings. The van der Waals surface area contributed by atoms with Crippen molar-refractivity contribution in [1.29, 1.82) is 5.26 Å². The van der Waals surface area contributed by atoms with Gasteiger partial charge in [-0.2, -0.15) is 5.26 Å². The Hall–Kier alpha value is -2.35. The van der Waals surface area contributed by atoms with E-state index in [9.17, 15) is 8.78 Å². The van der Waals surface area contributed by atoms with Crippen LogP contribution in [0.25, 0.3) is 0 Å². The molecule has 0 bridgehead atoms. The predicted octanol–water partition coefficient (Wildman–Crippen LogP) is 2.41. The molecule has 0 N–H and O–H groups in total. The fourth-order valence-electron chi connectivity index (χ4n) is 1.50. The molecule has 1 heterocycles. The van der Waals surface area contributed by atoms with Crippen molar-refractivity contribution in [2.45, 2.75) is 5.92 Å². The molecule has 0 aliphatic carbocycles. The zero-order valence-electron chi connectivity index (χ0n) is 8.64. The Balaban J connectivity index is 2.47. The molecule has 0 amide bonds. The van der Waals surface area contributed by atoms with E-state index in [1.165, 1.54) is 24.7 Å². The number of benzene rings is 1. The lowest BCUT2D eigenvalue weighted by molar-refractivity contribution is 0.571. The van der Waals surface area contributed by atoms with Crippen molar-refractivity contribution in [1.82, 2.24) is 9.97 Å². The molecule has 0 saturated carbocycles. The molecule has 0 aliphatic rings. The minimum absolute atomic E-state index is 0.104. The first-order valence-electron chi connectivity index (χ1n) is 4.83. The summed E-state index contributed by atoms with van der Waals surface area (Å²) in [7, 11) is 0. The van der Waals surface area contributed by atoms with Crippen LogP contribution in [-0.4, -0.2) is 9.97 Å². The van der Waals surface area contributed by atoms with Gasteiger partial charge < -0.3 is 0 Å². The van der Waals surface area contributed by atoms with Gasteiger partial charge in [-0.15, -0.1) is 0 Å². The first-order chi connectivity index (χ1) is 8.22. The summed E-state index contributed by atoms with van der Waals surface area (Å²) in [6.45, 7) is 0. The van der Waals surface area contributed by atoms with Gasteiger partial charge >= 0.3 is 0 Å². The van der Waals surface area contributed by atoms with Gasteiger partial charge in [-0.1, -0.05) is 6.07 Å². The largest absolute Gasteiger partial charge is 0.245 e. The Kier molecular flexibility index (Phi) is 3.06. The van der Waals surface area contributed by atoms with Gasteiger partial charge in [0.15, 0.2) is 0 Å². The van der Waals surface area contributed by atoms with Crippen LogP contribution in [0.1, 0.15) is 17.2 Å². The van der Waals surface area contributed by atoms with Crippen LogP contribution >= 0.6 is 0 Å². The predicted molar refractivity (Wildman–Crippen MR) is 55.8 cm³/mol. The summed E-state index contributed by atoms with van der Waals surface area (Å²) in [4.78, 5) is 7.61. The van der Waals surface area contributed by atoms with E-state index >= 15 is 0 Å². The average molecular weight is 231 g/mol. The van der Waals surface area contributed by atoms with Gasteiger partial charge in [-0.05, 0) is 12.1 Å². The normalized spacial score (nSPS) is 11.8. The number of nitriles is 1. The molecule has 1 atom stereocenters. The number of hydrogen-bond acceptors (Lipinski definition) is 3. The van der Waals surface area contributed by atoms with Crippen LogP contribution in [0.3, 0.4) is 0 Å². The molecule has 1 aromatic carbocycles. The highest BCUT2D eigenvalue weighted by Crippen LogP contribution is 2.24. The lowest BCUT2D eigenvalue weighted by atomic mass is 9.96. The summed E-state index contributed by atoms with van der Waals surface area (Å²) in [6, 6.07) is 6.58. The maximum absolute atomic E-state index is 13.5. The fraction of sp³-hybridized carbons (Fsp3) is 0.0833. The highest BCUT2D eigenvalue weighted by molar-refractivity contribution is 5.35. The maximum atomic E-state index is 13.5. The summed E-state index contributed by atoms with van der Waals surface area (Å²) >= 11 is 0. The summed E-state index contributed by atoms with van der Waals surface area (Å²) < 4.78 is 26.3. The molecule has 2 aromatic rings. The van der Waals surface area contributed by atoms with Crippen molar-refractivity contribution in [3.8, 4) is 6.07 Å². The minimum atomic E-state index is -0.862. The van der Waals surface area contributed by atoms with Crippen LogP contribution in [-0.2, 0) is 0 Å². The summed E-state index contributed by atoms with van der Waals surface area (Å²) in [5.74, 6) is -2.29. The van der Waals surface area contributed by atoms with E-state index in [2.05, 4.69) is 9.97 Å². The van der Waals surface area contributed by atoms with Crippen LogP contribution in [0.15, 0.2) is 36.8 Å². The van der Waals surface area contributed by atoms with Crippen molar-refractivity contribution in [2.24, 2.45) is 0 Å². The van der Waals surface area contributed by atoms with E-state index in [0.717, 1.165) is 12.1 Å². The van der Waals surface area contributed by atoms with Gasteiger partial charge in [0.25, 0.3) is 0 Å². The fourth-order valence-corrected chi connectivity index (χ4v) is 1.50. The highest BCUT2D eigenvalue weighted by Gasteiger charge is 2.18. The molecular weight excluding hydrogens is 224 g/mol. The van der Waals surface area contributed by atoms with E-state index in [1.54, 1.807) is 0 Å². The van der Waals surface area contributed by atoms with Crippen molar-refractivity contribution in [2.75, 3.05) is 0 Å². The molecule has 5 heteroatoms. The van der Waals surface area contributed by atoms with Gasteiger partial charge in [-0.3, -0.25) is 0 Å². The second-order valence-corrected chi connectivity index (χ2v) is 3.36. The number of halogens is 2. The smallest absolute Gasteiger partial charge is 0.131 e. The quantitative estimate of drug-likeness (QED) is 0.797. The maximum Gasteiger partial charge on any atom is 0.131 e. The lowest BCUT2D eigenvalue weighted by Gasteiger charge is -2.09. The standard InChI is InChI=1S/C12H7F2N3/c13-8-1-2-9(11(14)5-8)10(6-15)12-3-4-16-7-17-12/h1-5,7,10H. The first-order valence-corrected chi connectivity index (χ1v) is 4.83. The van der Waals surface area contributed by atoms with Crippen molar-refractivity contribution in [3.63, 3.8) is 0 Å². The van der Waals surface area contributed by atoms with Gasteiger partial charge in [0, 0.05) is 17.8 Å². The van der Waals surface area contributed by atoms with E-state index in [0.29, 0.717) is 5.69 Å². The molecule has 0 saturated heterocycles. The van der Waals surface area contributed by atoms with Crippen molar-refractivity contribution < 1.29 is 8.78 Å². The molecule has 2 rings (SSSR count). The number of aromatic nitrogens is 2. The van der Waals surface area contributed by atoms with E-state index in [-0.39, 0.29) is 5.56 Å². The summed E-state index contributed by atoms with van der Waals surface area (Å²) in [6.07, 6.45) is 2.75. The van der Waals surface area contributed by atoms with Crippen molar-refractivity contribution in [3.05, 3.63) is 59.7 Å². The van der Waals surface area contributed by atoms with E-state index in [4.69, 9.17) is 5.26 Å². The number of rotatable bonds is 2. The molecule has 1 aromatic heterocycles. The van der Waals surface area contributed by atoms with Crippen molar-refractivity contribution >= 4 is 0 Å². The van der Waals surface area contributed by atoms with Gasteiger partial charge in [0.05, 0.1) is 11.8 Å². The topological polar surface area (TPSA) is 49.6 Å². The van der Waals surface area contributed by atoms with E-state index < -0.39 is 17.6 Å². The number of hydrogen-bond donors (Lipinski definition) is 0. The third kappa shape index (κ3) is 2.26. The lowest BCUT2D eigenvalue weighted by Crippen LogP contribution is -2.04. The summed E-state index contributed by atoms with van der Waals surface area (Å²) in [5, 5.41) is 9.06. The van der Waals surface area contributed by atoms with E-state index in [1.807, 2.05) is 6.07 Å². The molecule has 1 unspecified atom stereocenters. The molecule has 3 nitrogen and oxygen atoms in total. The minimum Gasteiger partial charge on any atom is -0.245 e. The SMILES string of the molecule is N#CC(c1ccncn1)c1ccc(F)cc1F. The summed E-state index contributed by atoms with van der Waals surface area (Å²) in [5.41, 5.74) is 0.487. The van der Waals surface area contributed by atoms with Crippen LogP contribution < -0.4 is 0 Å². The van der Waals surface area contributed by atoms with Crippen LogP contribution in [0.2, 0.25) is 0 Å². The second-order valence-electron chi connectivity index (χ2n) is 3.36. The van der Waals surface area contributed by atoms with Crippen LogP contribution in [0, 0.1) is 23.0 Å². The Bertz CT molecular complexity index is 564.